The first-order valence-corrected chi connectivity index (χ1v) is 4.48. The molecule has 0 aliphatic heterocycles. The molecule has 1 aliphatic rings. The number of carbonyl (C=O) groups excluding carboxylic acids is 1. The highest BCUT2D eigenvalue weighted by atomic mass is 79.9. The standard InChI is InChI=1S/C9H9BrO3/c1-13-9(12)7-4-2-6(11)3-5-8(7)10/h2-3,5,11H,4H2,1H3. The van der Waals surface area contributed by atoms with Crippen LogP contribution in [0.3, 0.4) is 0 Å². The van der Waals surface area contributed by atoms with E-state index < -0.39 is 0 Å². The van der Waals surface area contributed by atoms with Crippen molar-refractivity contribution in [3.63, 3.8) is 0 Å². The first kappa shape index (κ1) is 10.1. The van der Waals surface area contributed by atoms with E-state index in [9.17, 15) is 4.79 Å². The molecule has 0 aromatic carbocycles. The van der Waals surface area contributed by atoms with Gasteiger partial charge < -0.3 is 9.84 Å². The second-order valence-electron chi connectivity index (χ2n) is 2.48. The Bertz CT molecular complexity index is 313. The van der Waals surface area contributed by atoms with Gasteiger partial charge in [-0.15, -0.1) is 0 Å². The van der Waals surface area contributed by atoms with Gasteiger partial charge in [0.05, 0.1) is 12.7 Å². The Kier molecular flexibility index (Phi) is 3.31. The smallest absolute Gasteiger partial charge is 0.335 e. The lowest BCUT2D eigenvalue weighted by Gasteiger charge is -2.02. The Hall–Kier alpha value is -1.03. The van der Waals surface area contributed by atoms with Crippen LogP contribution in [-0.2, 0) is 9.53 Å². The van der Waals surface area contributed by atoms with Crippen LogP contribution >= 0.6 is 15.9 Å². The Labute approximate surface area is 84.5 Å². The summed E-state index contributed by atoms with van der Waals surface area (Å²) >= 11 is 3.22. The van der Waals surface area contributed by atoms with Gasteiger partial charge in [-0.05, 0) is 18.2 Å². The Balaban J connectivity index is 2.96. The van der Waals surface area contributed by atoms with E-state index in [2.05, 4.69) is 20.7 Å². The summed E-state index contributed by atoms with van der Waals surface area (Å²) in [6, 6.07) is 0. The molecule has 0 bridgehead atoms. The summed E-state index contributed by atoms with van der Waals surface area (Å²) in [7, 11) is 1.33. The van der Waals surface area contributed by atoms with Gasteiger partial charge in [0, 0.05) is 10.9 Å². The number of carbonyl (C=O) groups is 1. The first-order valence-electron chi connectivity index (χ1n) is 3.69. The van der Waals surface area contributed by atoms with Crippen LogP contribution in [0.15, 0.2) is 34.0 Å². The van der Waals surface area contributed by atoms with Crippen LogP contribution < -0.4 is 0 Å². The lowest BCUT2D eigenvalue weighted by Crippen LogP contribution is -2.04. The molecule has 0 fully saturated rings. The lowest BCUT2D eigenvalue weighted by molar-refractivity contribution is -0.136. The number of hydrogen-bond acceptors (Lipinski definition) is 3. The highest BCUT2D eigenvalue weighted by Gasteiger charge is 2.13. The van der Waals surface area contributed by atoms with Crippen molar-refractivity contribution in [1.82, 2.24) is 0 Å². The SMILES string of the molecule is COC(=O)C1=C(Br)C=CC(O)=CC1. The summed E-state index contributed by atoms with van der Waals surface area (Å²) in [5, 5.41) is 9.15. The first-order chi connectivity index (χ1) is 6.15. The number of aliphatic hydroxyl groups excluding tert-OH is 1. The molecule has 0 saturated carbocycles. The molecule has 70 valence electrons. The van der Waals surface area contributed by atoms with Crippen LogP contribution in [0.5, 0.6) is 0 Å². The summed E-state index contributed by atoms with van der Waals surface area (Å²) in [6.07, 6.45) is 5.05. The normalized spacial score (nSPS) is 16.6. The minimum Gasteiger partial charge on any atom is -0.508 e. The third kappa shape index (κ3) is 2.45. The van der Waals surface area contributed by atoms with Gasteiger partial charge in [0.25, 0.3) is 0 Å². The van der Waals surface area contributed by atoms with Crippen molar-refractivity contribution in [2.24, 2.45) is 0 Å². The molecule has 0 saturated heterocycles. The van der Waals surface area contributed by atoms with Gasteiger partial charge >= 0.3 is 5.97 Å². The summed E-state index contributed by atoms with van der Waals surface area (Å²) in [4.78, 5) is 11.2. The molecule has 0 radical (unpaired) electrons. The van der Waals surface area contributed by atoms with Crippen LogP contribution in [0, 0.1) is 0 Å². The monoisotopic (exact) mass is 244 g/mol. The molecular weight excluding hydrogens is 236 g/mol. The molecule has 4 heteroatoms. The Morgan fingerprint density at radius 3 is 2.92 bits per heavy atom. The van der Waals surface area contributed by atoms with Gasteiger partial charge in [-0.2, -0.15) is 0 Å². The van der Waals surface area contributed by atoms with Gasteiger partial charge in [-0.1, -0.05) is 15.9 Å². The fourth-order valence-electron chi connectivity index (χ4n) is 0.935. The zero-order valence-electron chi connectivity index (χ0n) is 7.08. The highest BCUT2D eigenvalue weighted by Crippen LogP contribution is 2.22. The minimum absolute atomic E-state index is 0.149. The fraction of sp³-hybridized carbons (Fsp3) is 0.222. The predicted molar refractivity (Wildman–Crippen MR) is 52.4 cm³/mol. The molecule has 1 N–H and O–H groups in total. The summed E-state index contributed by atoms with van der Waals surface area (Å²) < 4.78 is 5.22. The van der Waals surface area contributed by atoms with E-state index in [0.717, 1.165) is 0 Å². The van der Waals surface area contributed by atoms with Crippen molar-refractivity contribution in [2.75, 3.05) is 7.11 Å². The molecule has 0 unspecified atom stereocenters. The molecule has 0 aromatic heterocycles. The number of methoxy groups -OCH3 is 1. The molecule has 3 nitrogen and oxygen atoms in total. The van der Waals surface area contributed by atoms with E-state index in [4.69, 9.17) is 5.11 Å². The number of allylic oxidation sites excluding steroid dienone is 4. The molecule has 1 rings (SSSR count). The molecule has 13 heavy (non-hydrogen) atoms. The van der Waals surface area contributed by atoms with Crippen molar-refractivity contribution >= 4 is 21.9 Å². The Morgan fingerprint density at radius 2 is 2.31 bits per heavy atom. The number of hydrogen-bond donors (Lipinski definition) is 1. The molecule has 0 spiro atoms. The topological polar surface area (TPSA) is 46.5 Å². The molecule has 0 heterocycles. The maximum absolute atomic E-state index is 11.2. The van der Waals surface area contributed by atoms with Crippen LogP contribution in [-0.4, -0.2) is 18.2 Å². The van der Waals surface area contributed by atoms with Gasteiger partial charge in [-0.25, -0.2) is 4.79 Å². The van der Waals surface area contributed by atoms with Gasteiger partial charge in [0.15, 0.2) is 0 Å². The lowest BCUT2D eigenvalue weighted by atomic mass is 10.2. The molecular formula is C9H9BrO3. The zero-order valence-corrected chi connectivity index (χ0v) is 8.67. The van der Waals surface area contributed by atoms with E-state index in [1.165, 1.54) is 13.2 Å². The van der Waals surface area contributed by atoms with E-state index in [1.807, 2.05) is 0 Å². The van der Waals surface area contributed by atoms with E-state index in [1.54, 1.807) is 12.2 Å². The maximum Gasteiger partial charge on any atom is 0.335 e. The third-order valence-corrected chi connectivity index (χ3v) is 2.38. The van der Waals surface area contributed by atoms with Crippen molar-refractivity contribution in [1.29, 1.82) is 0 Å². The fourth-order valence-corrected chi connectivity index (χ4v) is 1.39. The highest BCUT2D eigenvalue weighted by molar-refractivity contribution is 9.11. The van der Waals surface area contributed by atoms with Crippen LogP contribution in [0.2, 0.25) is 0 Å². The largest absolute Gasteiger partial charge is 0.508 e. The number of rotatable bonds is 1. The Morgan fingerprint density at radius 1 is 1.62 bits per heavy atom. The second-order valence-corrected chi connectivity index (χ2v) is 3.34. The van der Waals surface area contributed by atoms with E-state index in [0.29, 0.717) is 16.5 Å². The average Bonchev–Trinajstić information content (AvgIpc) is 2.28. The summed E-state index contributed by atoms with van der Waals surface area (Å²) in [5.41, 5.74) is 0.503. The number of esters is 1. The van der Waals surface area contributed by atoms with E-state index >= 15 is 0 Å². The number of halogens is 1. The molecule has 0 aromatic rings. The quantitative estimate of drug-likeness (QED) is 0.720. The third-order valence-electron chi connectivity index (χ3n) is 1.64. The summed E-state index contributed by atoms with van der Waals surface area (Å²) in [6.45, 7) is 0. The zero-order chi connectivity index (χ0) is 9.84. The average molecular weight is 245 g/mol. The van der Waals surface area contributed by atoms with Crippen molar-refractivity contribution < 1.29 is 14.6 Å². The van der Waals surface area contributed by atoms with E-state index in [-0.39, 0.29) is 11.7 Å². The molecule has 1 aliphatic carbocycles. The van der Waals surface area contributed by atoms with Crippen molar-refractivity contribution in [3.05, 3.63) is 34.0 Å². The molecule has 0 atom stereocenters. The van der Waals surface area contributed by atoms with Gasteiger partial charge in [-0.3, -0.25) is 0 Å². The predicted octanol–water partition coefficient (Wildman–Crippen LogP) is 2.21. The molecule has 0 amide bonds. The summed E-state index contributed by atoms with van der Waals surface area (Å²) in [5.74, 6) is -0.238. The van der Waals surface area contributed by atoms with Gasteiger partial charge in [0.2, 0.25) is 0 Å². The van der Waals surface area contributed by atoms with Crippen molar-refractivity contribution in [3.8, 4) is 0 Å². The minimum atomic E-state index is -0.387. The second kappa shape index (κ2) is 4.28. The maximum atomic E-state index is 11.2. The van der Waals surface area contributed by atoms with Gasteiger partial charge in [0.1, 0.15) is 5.76 Å². The van der Waals surface area contributed by atoms with Crippen LogP contribution in [0.4, 0.5) is 0 Å². The van der Waals surface area contributed by atoms with Crippen molar-refractivity contribution in [2.45, 2.75) is 6.42 Å². The number of ether oxygens (including phenoxy) is 1. The van der Waals surface area contributed by atoms with Crippen LogP contribution in [0.1, 0.15) is 6.42 Å². The van der Waals surface area contributed by atoms with Crippen LogP contribution in [0.25, 0.3) is 0 Å². The number of aliphatic hydroxyl groups is 1.